The number of unbranched alkanes of at least 4 members (excludes halogenated alkanes) is 1. The van der Waals surface area contributed by atoms with Gasteiger partial charge in [0.15, 0.2) is 17.5 Å². The van der Waals surface area contributed by atoms with Gasteiger partial charge in [-0.1, -0.05) is 0 Å². The molecule has 0 aliphatic heterocycles. The lowest BCUT2D eigenvalue weighted by Crippen LogP contribution is -1.95. The number of rotatable bonds is 4. The van der Waals surface area contributed by atoms with E-state index in [4.69, 9.17) is 5.11 Å². The van der Waals surface area contributed by atoms with Crippen molar-refractivity contribution in [2.24, 2.45) is 0 Å². The van der Waals surface area contributed by atoms with E-state index in [1.807, 2.05) is 0 Å². The van der Waals surface area contributed by atoms with Crippen molar-refractivity contribution in [3.63, 3.8) is 0 Å². The summed E-state index contributed by atoms with van der Waals surface area (Å²) in [7, 11) is 0. The van der Waals surface area contributed by atoms with Crippen molar-refractivity contribution in [1.29, 1.82) is 0 Å². The molecule has 0 aliphatic carbocycles. The van der Waals surface area contributed by atoms with E-state index in [-0.39, 0.29) is 6.61 Å². The summed E-state index contributed by atoms with van der Waals surface area (Å²) in [5, 5.41) is 8.49. The lowest BCUT2D eigenvalue weighted by molar-refractivity contribution is 0.284. The van der Waals surface area contributed by atoms with E-state index in [0.29, 0.717) is 24.8 Å². The largest absolute Gasteiger partial charge is 0.396 e. The van der Waals surface area contributed by atoms with Gasteiger partial charge in [0.2, 0.25) is 0 Å². The van der Waals surface area contributed by atoms with Crippen LogP contribution in [0.25, 0.3) is 0 Å². The molecule has 0 amide bonds. The van der Waals surface area contributed by atoms with Gasteiger partial charge in [-0.3, -0.25) is 0 Å². The second-order valence-corrected chi connectivity index (χ2v) is 3.05. The van der Waals surface area contributed by atoms with Gasteiger partial charge in [0.25, 0.3) is 0 Å². The first-order valence-electron chi connectivity index (χ1n) is 4.39. The molecule has 1 nitrogen and oxygen atoms in total. The summed E-state index contributed by atoms with van der Waals surface area (Å²) < 4.78 is 37.9. The van der Waals surface area contributed by atoms with E-state index < -0.39 is 17.5 Å². The first kappa shape index (κ1) is 11.0. The minimum Gasteiger partial charge on any atom is -0.396 e. The van der Waals surface area contributed by atoms with Gasteiger partial charge in [0.05, 0.1) is 0 Å². The Labute approximate surface area is 80.2 Å². The Kier molecular flexibility index (Phi) is 3.95. The molecule has 0 radical (unpaired) electrons. The van der Waals surface area contributed by atoms with E-state index in [0.717, 1.165) is 12.1 Å². The Bertz CT molecular complexity index is 289. The molecule has 1 aromatic rings. The molecular weight excluding hydrogens is 193 g/mol. The Morgan fingerprint density at radius 3 is 2.07 bits per heavy atom. The van der Waals surface area contributed by atoms with Crippen molar-refractivity contribution in [3.05, 3.63) is 35.1 Å². The zero-order valence-corrected chi connectivity index (χ0v) is 7.56. The van der Waals surface area contributed by atoms with E-state index >= 15 is 0 Å². The van der Waals surface area contributed by atoms with E-state index in [9.17, 15) is 13.2 Å². The number of hydrogen-bond donors (Lipinski definition) is 1. The summed E-state index contributed by atoms with van der Waals surface area (Å²) in [6, 6.07) is 1.96. The summed E-state index contributed by atoms with van der Waals surface area (Å²) in [6.45, 7) is 0.0478. The minimum absolute atomic E-state index is 0.0478. The first-order chi connectivity index (χ1) is 6.65. The molecule has 0 heterocycles. The number of benzene rings is 1. The molecule has 0 fully saturated rings. The molecule has 78 valence electrons. The van der Waals surface area contributed by atoms with Crippen LogP contribution in [-0.2, 0) is 6.42 Å². The normalized spacial score (nSPS) is 10.6. The molecule has 1 aromatic carbocycles. The molecule has 4 heteroatoms. The van der Waals surface area contributed by atoms with Gasteiger partial charge < -0.3 is 5.11 Å². The topological polar surface area (TPSA) is 20.2 Å². The fraction of sp³-hybridized carbons (Fsp3) is 0.400. The molecule has 0 aliphatic rings. The van der Waals surface area contributed by atoms with Crippen molar-refractivity contribution < 1.29 is 18.3 Å². The molecule has 0 saturated heterocycles. The standard InChI is InChI=1S/C10H11F3O/c11-8-5-7(3-1-2-4-14)6-9(12)10(8)13/h5-6,14H,1-4H2. The SMILES string of the molecule is OCCCCc1cc(F)c(F)c(F)c1. The van der Waals surface area contributed by atoms with E-state index in [2.05, 4.69) is 0 Å². The van der Waals surface area contributed by atoms with Crippen molar-refractivity contribution in [1.82, 2.24) is 0 Å². The Balaban J connectivity index is 2.69. The second kappa shape index (κ2) is 5.00. The van der Waals surface area contributed by atoms with Crippen LogP contribution in [0.5, 0.6) is 0 Å². The third kappa shape index (κ3) is 2.73. The highest BCUT2D eigenvalue weighted by atomic mass is 19.2. The van der Waals surface area contributed by atoms with Gasteiger partial charge >= 0.3 is 0 Å². The molecule has 0 bridgehead atoms. The average molecular weight is 204 g/mol. The van der Waals surface area contributed by atoms with Gasteiger partial charge in [0.1, 0.15) is 0 Å². The van der Waals surface area contributed by atoms with Gasteiger partial charge in [-0.05, 0) is 37.0 Å². The lowest BCUT2D eigenvalue weighted by atomic mass is 10.1. The third-order valence-electron chi connectivity index (χ3n) is 1.92. The van der Waals surface area contributed by atoms with Crippen LogP contribution in [0.3, 0.4) is 0 Å². The Morgan fingerprint density at radius 2 is 1.57 bits per heavy atom. The van der Waals surface area contributed by atoms with Gasteiger partial charge in [-0.15, -0.1) is 0 Å². The molecule has 1 rings (SSSR count). The zero-order valence-electron chi connectivity index (χ0n) is 7.56. The van der Waals surface area contributed by atoms with Crippen LogP contribution in [0.4, 0.5) is 13.2 Å². The first-order valence-corrected chi connectivity index (χ1v) is 4.39. The van der Waals surface area contributed by atoms with Crippen LogP contribution in [0.15, 0.2) is 12.1 Å². The molecule has 14 heavy (non-hydrogen) atoms. The molecule has 0 unspecified atom stereocenters. The number of aryl methyl sites for hydroxylation is 1. The minimum atomic E-state index is -1.43. The molecule has 0 atom stereocenters. The molecule has 0 saturated carbocycles. The Hall–Kier alpha value is -1.03. The van der Waals surface area contributed by atoms with Crippen molar-refractivity contribution in [3.8, 4) is 0 Å². The van der Waals surface area contributed by atoms with Crippen LogP contribution < -0.4 is 0 Å². The molecular formula is C10H11F3O. The third-order valence-corrected chi connectivity index (χ3v) is 1.92. The fourth-order valence-corrected chi connectivity index (χ4v) is 1.19. The summed E-state index contributed by atoms with van der Waals surface area (Å²) in [5.41, 5.74) is 0.412. The fourth-order valence-electron chi connectivity index (χ4n) is 1.19. The maximum atomic E-state index is 12.7. The molecule has 0 aromatic heterocycles. The van der Waals surface area contributed by atoms with E-state index in [1.54, 1.807) is 0 Å². The maximum Gasteiger partial charge on any atom is 0.194 e. The van der Waals surface area contributed by atoms with E-state index in [1.165, 1.54) is 0 Å². The van der Waals surface area contributed by atoms with Gasteiger partial charge in [-0.25, -0.2) is 13.2 Å². The van der Waals surface area contributed by atoms with Crippen molar-refractivity contribution >= 4 is 0 Å². The summed E-state index contributed by atoms with van der Waals surface area (Å²) in [6.07, 6.45) is 1.64. The van der Waals surface area contributed by atoms with Crippen LogP contribution >= 0.6 is 0 Å². The van der Waals surface area contributed by atoms with Crippen LogP contribution in [0, 0.1) is 17.5 Å². The number of aliphatic hydroxyl groups is 1. The predicted octanol–water partition coefficient (Wildman–Crippen LogP) is 2.42. The predicted molar refractivity (Wildman–Crippen MR) is 46.3 cm³/mol. The highest BCUT2D eigenvalue weighted by Gasteiger charge is 2.09. The van der Waals surface area contributed by atoms with Gasteiger partial charge in [0, 0.05) is 6.61 Å². The highest BCUT2D eigenvalue weighted by Crippen LogP contribution is 2.15. The summed E-state index contributed by atoms with van der Waals surface area (Å²) in [5.74, 6) is -3.76. The van der Waals surface area contributed by atoms with Crippen LogP contribution in [-0.4, -0.2) is 11.7 Å². The average Bonchev–Trinajstić information content (AvgIpc) is 2.14. The lowest BCUT2D eigenvalue weighted by Gasteiger charge is -2.02. The second-order valence-electron chi connectivity index (χ2n) is 3.05. The number of hydrogen-bond acceptors (Lipinski definition) is 1. The molecule has 1 N–H and O–H groups in total. The highest BCUT2D eigenvalue weighted by molar-refractivity contribution is 5.19. The summed E-state index contributed by atoms with van der Waals surface area (Å²) in [4.78, 5) is 0. The monoisotopic (exact) mass is 204 g/mol. The maximum absolute atomic E-state index is 12.7. The van der Waals surface area contributed by atoms with Crippen molar-refractivity contribution in [2.45, 2.75) is 19.3 Å². The van der Waals surface area contributed by atoms with Crippen LogP contribution in [0.2, 0.25) is 0 Å². The molecule has 0 spiro atoms. The van der Waals surface area contributed by atoms with Gasteiger partial charge in [-0.2, -0.15) is 0 Å². The van der Waals surface area contributed by atoms with Crippen molar-refractivity contribution in [2.75, 3.05) is 6.61 Å². The quantitative estimate of drug-likeness (QED) is 0.590. The van der Waals surface area contributed by atoms with Crippen LogP contribution in [0.1, 0.15) is 18.4 Å². The number of halogens is 3. The Morgan fingerprint density at radius 1 is 1.00 bits per heavy atom. The summed E-state index contributed by atoms with van der Waals surface area (Å²) >= 11 is 0. The smallest absolute Gasteiger partial charge is 0.194 e. The zero-order chi connectivity index (χ0) is 10.6. The number of aliphatic hydroxyl groups excluding tert-OH is 1.